The Bertz CT molecular complexity index is 446. The molecule has 0 aliphatic carbocycles. The summed E-state index contributed by atoms with van der Waals surface area (Å²) in [5.74, 6) is -0.0208. The van der Waals surface area contributed by atoms with Crippen LogP contribution in [0.15, 0.2) is 24.3 Å². The van der Waals surface area contributed by atoms with Crippen molar-refractivity contribution in [2.24, 2.45) is 5.92 Å². The number of alkyl halides is 1. The predicted octanol–water partition coefficient (Wildman–Crippen LogP) is 3.00. The molecule has 0 heterocycles. The van der Waals surface area contributed by atoms with Crippen LogP contribution in [-0.2, 0) is 9.59 Å². The molecule has 1 aromatic carbocycles. The molecule has 1 rings (SSSR count). The van der Waals surface area contributed by atoms with Crippen LogP contribution in [0, 0.1) is 5.92 Å². The molecule has 0 saturated carbocycles. The number of amides is 2. The Labute approximate surface area is 115 Å². The molecule has 2 N–H and O–H groups in total. The van der Waals surface area contributed by atoms with E-state index in [9.17, 15) is 9.59 Å². The number of rotatable bonds is 4. The standard InChI is InChI=1S/C13H17BrN2O2/c1-8(2)12(14)13(18)16-11-6-4-5-10(7-11)15-9(3)17/h4-8,12H,1-3H3,(H,15,17)(H,16,18)/t12-/m0/s1. The number of anilines is 2. The van der Waals surface area contributed by atoms with Gasteiger partial charge in [-0.1, -0.05) is 35.8 Å². The van der Waals surface area contributed by atoms with E-state index in [2.05, 4.69) is 26.6 Å². The highest BCUT2D eigenvalue weighted by molar-refractivity contribution is 9.10. The van der Waals surface area contributed by atoms with Crippen molar-refractivity contribution in [3.8, 4) is 0 Å². The third-order valence-electron chi connectivity index (χ3n) is 2.29. The van der Waals surface area contributed by atoms with Gasteiger partial charge in [-0.3, -0.25) is 9.59 Å². The zero-order chi connectivity index (χ0) is 13.7. The molecule has 0 spiro atoms. The highest BCUT2D eigenvalue weighted by Crippen LogP contribution is 2.18. The van der Waals surface area contributed by atoms with Crippen molar-refractivity contribution in [3.63, 3.8) is 0 Å². The lowest BCUT2D eigenvalue weighted by Crippen LogP contribution is -2.27. The Morgan fingerprint density at radius 3 is 2.22 bits per heavy atom. The van der Waals surface area contributed by atoms with Gasteiger partial charge in [-0.15, -0.1) is 0 Å². The van der Waals surface area contributed by atoms with Gasteiger partial charge in [0.15, 0.2) is 0 Å². The minimum absolute atomic E-state index is 0.0926. The monoisotopic (exact) mass is 312 g/mol. The number of hydrogen-bond acceptors (Lipinski definition) is 2. The fraction of sp³-hybridized carbons (Fsp3) is 0.385. The second-order valence-electron chi connectivity index (χ2n) is 4.40. The van der Waals surface area contributed by atoms with Gasteiger partial charge in [-0.25, -0.2) is 0 Å². The third-order valence-corrected chi connectivity index (χ3v) is 3.76. The van der Waals surface area contributed by atoms with Gasteiger partial charge in [-0.05, 0) is 24.1 Å². The van der Waals surface area contributed by atoms with E-state index in [1.54, 1.807) is 24.3 Å². The van der Waals surface area contributed by atoms with Crippen molar-refractivity contribution < 1.29 is 9.59 Å². The van der Waals surface area contributed by atoms with E-state index < -0.39 is 0 Å². The Morgan fingerprint density at radius 1 is 1.17 bits per heavy atom. The van der Waals surface area contributed by atoms with Crippen LogP contribution >= 0.6 is 15.9 Å². The molecule has 0 radical (unpaired) electrons. The predicted molar refractivity (Wildman–Crippen MR) is 76.9 cm³/mol. The molecule has 0 aliphatic heterocycles. The van der Waals surface area contributed by atoms with Crippen molar-refractivity contribution in [3.05, 3.63) is 24.3 Å². The molecule has 2 amide bonds. The molecule has 1 atom stereocenters. The van der Waals surface area contributed by atoms with E-state index in [0.717, 1.165) is 0 Å². The number of carbonyl (C=O) groups excluding carboxylic acids is 2. The number of hydrogen-bond donors (Lipinski definition) is 2. The van der Waals surface area contributed by atoms with Gasteiger partial charge in [0.05, 0.1) is 4.83 Å². The summed E-state index contributed by atoms with van der Waals surface area (Å²) in [6.07, 6.45) is 0. The lowest BCUT2D eigenvalue weighted by Gasteiger charge is -2.14. The Hall–Kier alpha value is -1.36. The highest BCUT2D eigenvalue weighted by atomic mass is 79.9. The van der Waals surface area contributed by atoms with Crippen LogP contribution in [-0.4, -0.2) is 16.6 Å². The maximum Gasteiger partial charge on any atom is 0.238 e. The van der Waals surface area contributed by atoms with Gasteiger partial charge in [0.2, 0.25) is 11.8 Å². The first-order valence-corrected chi connectivity index (χ1v) is 6.64. The summed E-state index contributed by atoms with van der Waals surface area (Å²) < 4.78 is 0. The van der Waals surface area contributed by atoms with Crippen LogP contribution in [0.25, 0.3) is 0 Å². The summed E-state index contributed by atoms with van der Waals surface area (Å²) >= 11 is 3.34. The molecule has 0 saturated heterocycles. The minimum Gasteiger partial charge on any atom is -0.326 e. The number of halogens is 1. The van der Waals surface area contributed by atoms with Crippen molar-refractivity contribution in [1.82, 2.24) is 0 Å². The topological polar surface area (TPSA) is 58.2 Å². The zero-order valence-corrected chi connectivity index (χ0v) is 12.2. The molecular weight excluding hydrogens is 296 g/mol. The largest absolute Gasteiger partial charge is 0.326 e. The maximum atomic E-state index is 11.8. The van der Waals surface area contributed by atoms with Crippen molar-refractivity contribution in [2.75, 3.05) is 10.6 Å². The first-order valence-electron chi connectivity index (χ1n) is 5.72. The van der Waals surface area contributed by atoms with Crippen molar-refractivity contribution in [2.45, 2.75) is 25.6 Å². The molecular formula is C13H17BrN2O2. The van der Waals surface area contributed by atoms with Crippen LogP contribution < -0.4 is 10.6 Å². The normalized spacial score (nSPS) is 12.1. The fourth-order valence-corrected chi connectivity index (χ4v) is 1.51. The first-order chi connectivity index (χ1) is 8.40. The molecule has 0 unspecified atom stereocenters. The molecule has 4 nitrogen and oxygen atoms in total. The lowest BCUT2D eigenvalue weighted by atomic mass is 10.1. The molecule has 98 valence electrons. The van der Waals surface area contributed by atoms with E-state index in [4.69, 9.17) is 0 Å². The van der Waals surface area contributed by atoms with Gasteiger partial charge in [0, 0.05) is 18.3 Å². The molecule has 0 aliphatic rings. The summed E-state index contributed by atoms with van der Waals surface area (Å²) in [7, 11) is 0. The van der Waals surface area contributed by atoms with Crippen LogP contribution in [0.1, 0.15) is 20.8 Å². The van der Waals surface area contributed by atoms with E-state index in [0.29, 0.717) is 11.4 Å². The molecule has 5 heteroatoms. The van der Waals surface area contributed by atoms with E-state index in [1.807, 2.05) is 13.8 Å². The first kappa shape index (κ1) is 14.7. The lowest BCUT2D eigenvalue weighted by molar-refractivity contribution is -0.116. The number of benzene rings is 1. The average Bonchev–Trinajstić information content (AvgIpc) is 2.27. The van der Waals surface area contributed by atoms with E-state index >= 15 is 0 Å². The van der Waals surface area contributed by atoms with E-state index in [1.165, 1.54) is 6.92 Å². The zero-order valence-electron chi connectivity index (χ0n) is 10.7. The minimum atomic E-state index is -0.234. The van der Waals surface area contributed by atoms with E-state index in [-0.39, 0.29) is 22.6 Å². The van der Waals surface area contributed by atoms with Crippen LogP contribution in [0.2, 0.25) is 0 Å². The Balaban J connectivity index is 2.73. The number of nitrogens with one attached hydrogen (secondary N) is 2. The number of carbonyl (C=O) groups is 2. The second kappa shape index (κ2) is 6.54. The van der Waals surface area contributed by atoms with Gasteiger partial charge in [0.1, 0.15) is 0 Å². The fourth-order valence-electron chi connectivity index (χ4n) is 1.39. The molecule has 18 heavy (non-hydrogen) atoms. The van der Waals surface area contributed by atoms with Crippen LogP contribution in [0.5, 0.6) is 0 Å². The summed E-state index contributed by atoms with van der Waals surface area (Å²) in [5.41, 5.74) is 1.33. The van der Waals surface area contributed by atoms with Crippen molar-refractivity contribution >= 4 is 39.1 Å². The summed E-state index contributed by atoms with van der Waals surface area (Å²) in [6, 6.07) is 7.05. The summed E-state index contributed by atoms with van der Waals surface area (Å²) in [6.45, 7) is 5.37. The molecule has 1 aromatic rings. The van der Waals surface area contributed by atoms with Gasteiger partial charge in [-0.2, -0.15) is 0 Å². The molecule has 0 fully saturated rings. The molecule has 0 aromatic heterocycles. The summed E-state index contributed by atoms with van der Waals surface area (Å²) in [4.78, 5) is 22.5. The Kier molecular flexibility index (Phi) is 5.34. The van der Waals surface area contributed by atoms with Gasteiger partial charge < -0.3 is 10.6 Å². The average molecular weight is 313 g/mol. The maximum absolute atomic E-state index is 11.8. The van der Waals surface area contributed by atoms with Crippen LogP contribution in [0.3, 0.4) is 0 Å². The van der Waals surface area contributed by atoms with Crippen molar-refractivity contribution in [1.29, 1.82) is 0 Å². The summed E-state index contributed by atoms with van der Waals surface area (Å²) in [5, 5.41) is 5.47. The molecule has 0 bridgehead atoms. The highest BCUT2D eigenvalue weighted by Gasteiger charge is 2.18. The third kappa shape index (κ3) is 4.49. The smallest absolute Gasteiger partial charge is 0.238 e. The van der Waals surface area contributed by atoms with Gasteiger partial charge in [0.25, 0.3) is 0 Å². The SMILES string of the molecule is CC(=O)Nc1cccc(NC(=O)[C@@H](Br)C(C)C)c1. The Morgan fingerprint density at radius 2 is 1.72 bits per heavy atom. The van der Waals surface area contributed by atoms with Gasteiger partial charge >= 0.3 is 0 Å². The quantitative estimate of drug-likeness (QED) is 0.840. The second-order valence-corrected chi connectivity index (χ2v) is 5.38. The van der Waals surface area contributed by atoms with Crippen LogP contribution in [0.4, 0.5) is 11.4 Å².